The number of hydrogen-bond donors (Lipinski definition) is 1. The first-order chi connectivity index (χ1) is 9.25. The van der Waals surface area contributed by atoms with Crippen molar-refractivity contribution in [3.05, 3.63) is 59.9 Å². The van der Waals surface area contributed by atoms with Crippen LogP contribution < -0.4 is 5.32 Å². The van der Waals surface area contributed by atoms with Gasteiger partial charge in [0.05, 0.1) is 0 Å². The summed E-state index contributed by atoms with van der Waals surface area (Å²) in [5, 5.41) is 2.87. The van der Waals surface area contributed by atoms with E-state index in [0.29, 0.717) is 12.2 Å². The number of benzene rings is 1. The maximum atomic E-state index is 11.8. The van der Waals surface area contributed by atoms with E-state index in [1.54, 1.807) is 17.8 Å². The first-order valence-electron chi connectivity index (χ1n) is 6.15. The Morgan fingerprint density at radius 1 is 1.16 bits per heavy atom. The molecule has 19 heavy (non-hydrogen) atoms. The SMILES string of the molecule is Cc1cccc(C(=O)NCCSc2ccccc2)n1. The molecule has 0 radical (unpaired) electrons. The largest absolute Gasteiger partial charge is 0.350 e. The van der Waals surface area contributed by atoms with E-state index in [9.17, 15) is 4.79 Å². The van der Waals surface area contributed by atoms with Crippen molar-refractivity contribution >= 4 is 17.7 Å². The zero-order chi connectivity index (χ0) is 13.5. The van der Waals surface area contributed by atoms with E-state index in [0.717, 1.165) is 11.4 Å². The van der Waals surface area contributed by atoms with E-state index >= 15 is 0 Å². The smallest absolute Gasteiger partial charge is 0.269 e. The average molecular weight is 272 g/mol. The number of pyridine rings is 1. The van der Waals surface area contributed by atoms with Crippen LogP contribution in [0.4, 0.5) is 0 Å². The van der Waals surface area contributed by atoms with E-state index in [2.05, 4.69) is 22.4 Å². The van der Waals surface area contributed by atoms with Crippen LogP contribution in [0.5, 0.6) is 0 Å². The van der Waals surface area contributed by atoms with Crippen molar-refractivity contribution in [2.45, 2.75) is 11.8 Å². The second kappa shape index (κ2) is 6.95. The number of carbonyl (C=O) groups is 1. The van der Waals surface area contributed by atoms with E-state index < -0.39 is 0 Å². The van der Waals surface area contributed by atoms with Crippen molar-refractivity contribution in [1.29, 1.82) is 0 Å². The summed E-state index contributed by atoms with van der Waals surface area (Å²) in [6.07, 6.45) is 0. The molecule has 1 aromatic carbocycles. The van der Waals surface area contributed by atoms with Crippen LogP contribution in [0, 0.1) is 6.92 Å². The second-order valence-corrected chi connectivity index (χ2v) is 5.25. The van der Waals surface area contributed by atoms with Gasteiger partial charge in [0.1, 0.15) is 5.69 Å². The fourth-order valence-corrected chi connectivity index (χ4v) is 2.40. The lowest BCUT2D eigenvalue weighted by molar-refractivity contribution is 0.0951. The van der Waals surface area contributed by atoms with Gasteiger partial charge in [-0.2, -0.15) is 0 Å². The Hall–Kier alpha value is -1.81. The maximum absolute atomic E-state index is 11.8. The molecule has 0 aliphatic heterocycles. The number of hydrogen-bond acceptors (Lipinski definition) is 3. The van der Waals surface area contributed by atoms with Crippen LogP contribution in [-0.2, 0) is 0 Å². The molecule has 1 aromatic heterocycles. The van der Waals surface area contributed by atoms with Gasteiger partial charge in [-0.15, -0.1) is 11.8 Å². The molecule has 0 aliphatic carbocycles. The lowest BCUT2D eigenvalue weighted by atomic mass is 10.3. The van der Waals surface area contributed by atoms with Crippen LogP contribution in [0.15, 0.2) is 53.4 Å². The molecule has 0 saturated carbocycles. The Morgan fingerprint density at radius 3 is 2.68 bits per heavy atom. The van der Waals surface area contributed by atoms with E-state index in [4.69, 9.17) is 0 Å². The fraction of sp³-hybridized carbons (Fsp3) is 0.200. The number of amides is 1. The zero-order valence-electron chi connectivity index (χ0n) is 10.8. The van der Waals surface area contributed by atoms with Crippen molar-refractivity contribution < 1.29 is 4.79 Å². The predicted molar refractivity (Wildman–Crippen MR) is 78.5 cm³/mol. The summed E-state index contributed by atoms with van der Waals surface area (Å²) >= 11 is 1.73. The highest BCUT2D eigenvalue weighted by Gasteiger charge is 2.05. The lowest BCUT2D eigenvalue weighted by Crippen LogP contribution is -2.26. The van der Waals surface area contributed by atoms with Crippen LogP contribution >= 0.6 is 11.8 Å². The van der Waals surface area contributed by atoms with Gasteiger partial charge in [-0.05, 0) is 31.2 Å². The molecular weight excluding hydrogens is 256 g/mol. The highest BCUT2D eigenvalue weighted by atomic mass is 32.2. The number of nitrogens with one attached hydrogen (secondary N) is 1. The number of aryl methyl sites for hydroxylation is 1. The van der Waals surface area contributed by atoms with Gasteiger partial charge in [-0.3, -0.25) is 4.79 Å². The zero-order valence-corrected chi connectivity index (χ0v) is 11.6. The highest BCUT2D eigenvalue weighted by Crippen LogP contribution is 2.15. The van der Waals surface area contributed by atoms with Gasteiger partial charge in [0.2, 0.25) is 0 Å². The fourth-order valence-electron chi connectivity index (χ4n) is 1.61. The second-order valence-electron chi connectivity index (χ2n) is 4.08. The van der Waals surface area contributed by atoms with Gasteiger partial charge >= 0.3 is 0 Å². The molecule has 0 spiro atoms. The molecule has 2 aromatic rings. The molecule has 0 fully saturated rings. The van der Waals surface area contributed by atoms with Crippen LogP contribution in [0.3, 0.4) is 0 Å². The van der Waals surface area contributed by atoms with Crippen LogP contribution in [0.25, 0.3) is 0 Å². The maximum Gasteiger partial charge on any atom is 0.269 e. The Morgan fingerprint density at radius 2 is 1.95 bits per heavy atom. The van der Waals surface area contributed by atoms with E-state index in [-0.39, 0.29) is 5.91 Å². The third-order valence-electron chi connectivity index (χ3n) is 2.52. The molecule has 1 N–H and O–H groups in total. The van der Waals surface area contributed by atoms with Gasteiger partial charge in [-0.1, -0.05) is 24.3 Å². The molecule has 98 valence electrons. The molecule has 0 bridgehead atoms. The molecule has 0 saturated heterocycles. The van der Waals surface area contributed by atoms with Gasteiger partial charge in [0.25, 0.3) is 5.91 Å². The highest BCUT2D eigenvalue weighted by molar-refractivity contribution is 7.99. The molecular formula is C15H16N2OS. The minimum atomic E-state index is -0.114. The van der Waals surface area contributed by atoms with Crippen LogP contribution in [-0.4, -0.2) is 23.2 Å². The van der Waals surface area contributed by atoms with Gasteiger partial charge < -0.3 is 5.32 Å². The summed E-state index contributed by atoms with van der Waals surface area (Å²) < 4.78 is 0. The molecule has 0 unspecified atom stereocenters. The average Bonchev–Trinajstić information content (AvgIpc) is 2.44. The first kappa shape index (κ1) is 13.6. The topological polar surface area (TPSA) is 42.0 Å². The Kier molecular flexibility index (Phi) is 4.98. The summed E-state index contributed by atoms with van der Waals surface area (Å²) in [6.45, 7) is 2.51. The summed E-state index contributed by atoms with van der Waals surface area (Å²) in [5.74, 6) is 0.735. The number of thioether (sulfide) groups is 1. The van der Waals surface area contributed by atoms with Crippen molar-refractivity contribution in [3.63, 3.8) is 0 Å². The third-order valence-corrected chi connectivity index (χ3v) is 3.53. The van der Waals surface area contributed by atoms with E-state index in [1.165, 1.54) is 4.90 Å². The monoisotopic (exact) mass is 272 g/mol. The summed E-state index contributed by atoms with van der Waals surface area (Å²) in [4.78, 5) is 17.2. The normalized spacial score (nSPS) is 10.2. The third kappa shape index (κ3) is 4.41. The van der Waals surface area contributed by atoms with Gasteiger partial charge in [-0.25, -0.2) is 4.98 Å². The van der Waals surface area contributed by atoms with E-state index in [1.807, 2.05) is 37.3 Å². The Bertz CT molecular complexity index is 543. The Labute approximate surface area is 117 Å². The molecule has 3 nitrogen and oxygen atoms in total. The first-order valence-corrected chi connectivity index (χ1v) is 7.14. The predicted octanol–water partition coefficient (Wildman–Crippen LogP) is 2.91. The number of nitrogens with zero attached hydrogens (tertiary/aromatic N) is 1. The van der Waals surface area contributed by atoms with Gasteiger partial charge in [0, 0.05) is 22.9 Å². The summed E-state index contributed by atoms with van der Waals surface area (Å²) in [7, 11) is 0. The molecule has 0 atom stereocenters. The minimum Gasteiger partial charge on any atom is -0.350 e. The number of carbonyl (C=O) groups excluding carboxylic acids is 1. The summed E-state index contributed by atoms with van der Waals surface area (Å²) in [6, 6.07) is 15.6. The van der Waals surface area contributed by atoms with Crippen molar-refractivity contribution in [1.82, 2.24) is 10.3 Å². The molecule has 4 heteroatoms. The molecule has 1 heterocycles. The minimum absolute atomic E-state index is 0.114. The standard InChI is InChI=1S/C15H16N2OS/c1-12-6-5-9-14(17-12)15(18)16-10-11-19-13-7-3-2-4-8-13/h2-9H,10-11H2,1H3,(H,16,18). The van der Waals surface area contributed by atoms with Crippen LogP contribution in [0.1, 0.15) is 16.2 Å². The van der Waals surface area contributed by atoms with Gasteiger partial charge in [0.15, 0.2) is 0 Å². The molecule has 1 amide bonds. The quantitative estimate of drug-likeness (QED) is 0.672. The number of rotatable bonds is 5. The Balaban J connectivity index is 1.75. The van der Waals surface area contributed by atoms with Crippen molar-refractivity contribution in [3.8, 4) is 0 Å². The molecule has 0 aliphatic rings. The van der Waals surface area contributed by atoms with Crippen molar-refractivity contribution in [2.24, 2.45) is 0 Å². The molecule has 2 rings (SSSR count). The number of aromatic nitrogens is 1. The van der Waals surface area contributed by atoms with Crippen LogP contribution in [0.2, 0.25) is 0 Å². The summed E-state index contributed by atoms with van der Waals surface area (Å²) in [5.41, 5.74) is 1.33. The van der Waals surface area contributed by atoms with Crippen molar-refractivity contribution in [2.75, 3.05) is 12.3 Å². The lowest BCUT2D eigenvalue weighted by Gasteiger charge is -2.05.